The van der Waals surface area contributed by atoms with Crippen LogP contribution in [0.5, 0.6) is 0 Å². The average molecular weight is 230 g/mol. The quantitative estimate of drug-likeness (QED) is 0.686. The zero-order valence-electron chi connectivity index (χ0n) is 9.56. The van der Waals surface area contributed by atoms with Gasteiger partial charge in [-0.05, 0) is 17.5 Å². The molecule has 0 N–H and O–H groups in total. The third-order valence-electron chi connectivity index (χ3n) is 3.36. The summed E-state index contributed by atoms with van der Waals surface area (Å²) in [5.74, 6) is -0.122. The Hall–Kier alpha value is -1.68. The number of fused-ring (bicyclic) bond motifs is 1. The standard InChI is InChI=1S/C13H14N2O2/c16-12-6-3-7-13(17)15(12)14-8-10-4-1-2-5-11(10)9-14/h1-2,4-5H,3,6-9H2. The second-order valence-corrected chi connectivity index (χ2v) is 4.54. The van der Waals surface area contributed by atoms with Crippen molar-refractivity contribution < 1.29 is 9.59 Å². The van der Waals surface area contributed by atoms with Gasteiger partial charge in [0.1, 0.15) is 0 Å². The molecule has 3 rings (SSSR count). The molecular formula is C13H14N2O2. The molecule has 0 atom stereocenters. The largest absolute Gasteiger partial charge is 0.273 e. The number of amides is 2. The summed E-state index contributed by atoms with van der Waals surface area (Å²) >= 11 is 0. The maximum Gasteiger partial charge on any atom is 0.243 e. The highest BCUT2D eigenvalue weighted by molar-refractivity contribution is 5.96. The van der Waals surface area contributed by atoms with Crippen molar-refractivity contribution >= 4 is 11.8 Å². The van der Waals surface area contributed by atoms with E-state index in [0.29, 0.717) is 32.4 Å². The Kier molecular flexibility index (Phi) is 2.44. The monoisotopic (exact) mass is 230 g/mol. The minimum atomic E-state index is -0.0611. The van der Waals surface area contributed by atoms with E-state index < -0.39 is 0 Å². The number of hydrazine groups is 1. The molecule has 88 valence electrons. The molecule has 0 bridgehead atoms. The number of hydrogen-bond acceptors (Lipinski definition) is 3. The van der Waals surface area contributed by atoms with Gasteiger partial charge in [-0.25, -0.2) is 10.0 Å². The van der Waals surface area contributed by atoms with E-state index in [1.807, 2.05) is 29.3 Å². The summed E-state index contributed by atoms with van der Waals surface area (Å²) in [5.41, 5.74) is 2.41. The maximum absolute atomic E-state index is 11.8. The highest BCUT2D eigenvalue weighted by Crippen LogP contribution is 2.26. The van der Waals surface area contributed by atoms with Crippen molar-refractivity contribution in [2.24, 2.45) is 0 Å². The van der Waals surface area contributed by atoms with Crippen LogP contribution in [0.25, 0.3) is 0 Å². The molecular weight excluding hydrogens is 216 g/mol. The van der Waals surface area contributed by atoms with Crippen LogP contribution in [0.15, 0.2) is 24.3 Å². The molecule has 0 unspecified atom stereocenters. The van der Waals surface area contributed by atoms with E-state index in [1.54, 1.807) is 0 Å². The lowest BCUT2D eigenvalue weighted by Crippen LogP contribution is -2.49. The molecule has 1 fully saturated rings. The van der Waals surface area contributed by atoms with Gasteiger partial charge in [-0.1, -0.05) is 24.3 Å². The Labute approximate surface area is 99.8 Å². The minimum absolute atomic E-state index is 0.0611. The number of imide groups is 1. The molecule has 2 aliphatic rings. The first-order valence-electron chi connectivity index (χ1n) is 5.93. The van der Waals surface area contributed by atoms with Crippen molar-refractivity contribution in [3.63, 3.8) is 0 Å². The number of carbonyl (C=O) groups is 2. The molecule has 0 spiro atoms. The van der Waals surface area contributed by atoms with Crippen LogP contribution >= 0.6 is 0 Å². The molecule has 2 amide bonds. The molecule has 17 heavy (non-hydrogen) atoms. The molecule has 1 aromatic carbocycles. The van der Waals surface area contributed by atoms with Gasteiger partial charge in [0, 0.05) is 25.9 Å². The van der Waals surface area contributed by atoms with Crippen LogP contribution in [0.4, 0.5) is 0 Å². The Morgan fingerprint density at radius 1 is 0.882 bits per heavy atom. The van der Waals surface area contributed by atoms with E-state index in [-0.39, 0.29) is 11.8 Å². The molecule has 0 saturated carbocycles. The first-order valence-corrected chi connectivity index (χ1v) is 5.93. The molecule has 4 nitrogen and oxygen atoms in total. The molecule has 0 aromatic heterocycles. The van der Waals surface area contributed by atoms with Crippen molar-refractivity contribution in [1.29, 1.82) is 0 Å². The minimum Gasteiger partial charge on any atom is -0.273 e. The number of carbonyl (C=O) groups excluding carboxylic acids is 2. The Morgan fingerprint density at radius 3 is 1.94 bits per heavy atom. The summed E-state index contributed by atoms with van der Waals surface area (Å²) in [6.45, 7) is 1.32. The van der Waals surface area contributed by atoms with E-state index in [9.17, 15) is 9.59 Å². The highest BCUT2D eigenvalue weighted by atomic mass is 16.2. The fourth-order valence-electron chi connectivity index (χ4n) is 2.51. The summed E-state index contributed by atoms with van der Waals surface area (Å²) in [6, 6.07) is 8.08. The Morgan fingerprint density at radius 2 is 1.41 bits per heavy atom. The fourth-order valence-corrected chi connectivity index (χ4v) is 2.51. The number of piperidine rings is 1. The normalized spacial score (nSPS) is 20.8. The first kappa shape index (κ1) is 10.5. The van der Waals surface area contributed by atoms with Crippen LogP contribution in [-0.4, -0.2) is 21.8 Å². The summed E-state index contributed by atoms with van der Waals surface area (Å²) in [5, 5.41) is 3.21. The van der Waals surface area contributed by atoms with Crippen LogP contribution < -0.4 is 0 Å². The first-order chi connectivity index (χ1) is 8.25. The SMILES string of the molecule is O=C1CCCC(=O)N1N1Cc2ccccc2C1. The van der Waals surface area contributed by atoms with E-state index in [4.69, 9.17) is 0 Å². The van der Waals surface area contributed by atoms with E-state index in [2.05, 4.69) is 0 Å². The number of rotatable bonds is 1. The van der Waals surface area contributed by atoms with Gasteiger partial charge in [-0.2, -0.15) is 0 Å². The predicted octanol–water partition coefficient (Wildman–Crippen LogP) is 1.46. The number of hydrogen-bond donors (Lipinski definition) is 0. The fraction of sp³-hybridized carbons (Fsp3) is 0.385. The highest BCUT2D eigenvalue weighted by Gasteiger charge is 2.34. The van der Waals surface area contributed by atoms with Gasteiger partial charge in [-0.3, -0.25) is 9.59 Å². The topological polar surface area (TPSA) is 40.6 Å². The second kappa shape index (κ2) is 3.96. The van der Waals surface area contributed by atoms with Gasteiger partial charge in [-0.15, -0.1) is 0 Å². The van der Waals surface area contributed by atoms with Crippen molar-refractivity contribution in [3.8, 4) is 0 Å². The maximum atomic E-state index is 11.8. The molecule has 4 heteroatoms. The number of nitrogens with zero attached hydrogens (tertiary/aromatic N) is 2. The van der Waals surface area contributed by atoms with E-state index >= 15 is 0 Å². The van der Waals surface area contributed by atoms with Crippen molar-refractivity contribution in [1.82, 2.24) is 10.0 Å². The summed E-state index contributed by atoms with van der Waals surface area (Å²) in [6.07, 6.45) is 1.66. The van der Waals surface area contributed by atoms with Gasteiger partial charge >= 0.3 is 0 Å². The van der Waals surface area contributed by atoms with Crippen LogP contribution in [0.2, 0.25) is 0 Å². The molecule has 1 saturated heterocycles. The van der Waals surface area contributed by atoms with Gasteiger partial charge in [0.25, 0.3) is 0 Å². The van der Waals surface area contributed by atoms with Crippen molar-refractivity contribution in [2.45, 2.75) is 32.4 Å². The summed E-state index contributed by atoms with van der Waals surface area (Å²) in [7, 11) is 0. The number of benzene rings is 1. The van der Waals surface area contributed by atoms with Crippen LogP contribution in [0.3, 0.4) is 0 Å². The van der Waals surface area contributed by atoms with E-state index in [0.717, 1.165) is 0 Å². The third-order valence-corrected chi connectivity index (χ3v) is 3.36. The smallest absolute Gasteiger partial charge is 0.243 e. The molecule has 2 aliphatic heterocycles. The van der Waals surface area contributed by atoms with Crippen LogP contribution in [0, 0.1) is 0 Å². The van der Waals surface area contributed by atoms with Gasteiger partial charge in [0.15, 0.2) is 0 Å². The summed E-state index contributed by atoms with van der Waals surface area (Å²) in [4.78, 5) is 23.6. The summed E-state index contributed by atoms with van der Waals surface area (Å²) < 4.78 is 0. The lowest BCUT2D eigenvalue weighted by molar-refractivity contribution is -0.169. The van der Waals surface area contributed by atoms with Crippen molar-refractivity contribution in [3.05, 3.63) is 35.4 Å². The molecule has 0 aliphatic carbocycles. The molecule has 1 aromatic rings. The zero-order valence-corrected chi connectivity index (χ0v) is 9.56. The second-order valence-electron chi connectivity index (χ2n) is 4.54. The van der Waals surface area contributed by atoms with Crippen LogP contribution in [0.1, 0.15) is 30.4 Å². The zero-order chi connectivity index (χ0) is 11.8. The Balaban J connectivity index is 1.84. The Bertz CT molecular complexity index is 443. The van der Waals surface area contributed by atoms with Gasteiger partial charge in [0.2, 0.25) is 11.8 Å². The molecule has 2 heterocycles. The van der Waals surface area contributed by atoms with Crippen LogP contribution in [-0.2, 0) is 22.7 Å². The molecule has 0 radical (unpaired) electrons. The lowest BCUT2D eigenvalue weighted by atomic mass is 10.1. The van der Waals surface area contributed by atoms with Crippen molar-refractivity contribution in [2.75, 3.05) is 0 Å². The average Bonchev–Trinajstić information content (AvgIpc) is 2.71. The lowest BCUT2D eigenvalue weighted by Gasteiger charge is -2.32. The third kappa shape index (κ3) is 1.74. The predicted molar refractivity (Wildman–Crippen MR) is 61.4 cm³/mol. The van der Waals surface area contributed by atoms with Gasteiger partial charge < -0.3 is 0 Å². The van der Waals surface area contributed by atoms with E-state index in [1.165, 1.54) is 16.1 Å². The van der Waals surface area contributed by atoms with Gasteiger partial charge in [0.05, 0.1) is 0 Å².